The Hall–Kier alpha value is -2.46. The van der Waals surface area contributed by atoms with Crippen LogP contribution < -0.4 is 4.72 Å². The van der Waals surface area contributed by atoms with Crippen LogP contribution in [0.5, 0.6) is 0 Å². The number of anilines is 1. The minimum Gasteiger partial charge on any atom is -0.383 e. The van der Waals surface area contributed by atoms with Gasteiger partial charge in [0.2, 0.25) is 0 Å². The fourth-order valence-electron chi connectivity index (χ4n) is 2.37. The van der Waals surface area contributed by atoms with Crippen LogP contribution in [0.2, 0.25) is 0 Å². The van der Waals surface area contributed by atoms with Crippen molar-refractivity contribution in [1.82, 2.24) is 24.5 Å². The first-order chi connectivity index (χ1) is 11.4. The molecule has 1 N–H and O–H groups in total. The van der Waals surface area contributed by atoms with Crippen molar-refractivity contribution in [2.75, 3.05) is 18.4 Å². The normalized spacial score (nSPS) is 12.0. The predicted molar refractivity (Wildman–Crippen MR) is 88.2 cm³/mol. The molecule has 3 aromatic rings. The van der Waals surface area contributed by atoms with Crippen LogP contribution in [-0.2, 0) is 28.4 Å². The molecule has 0 aliphatic rings. The van der Waals surface area contributed by atoms with Crippen LogP contribution >= 0.6 is 0 Å². The van der Waals surface area contributed by atoms with E-state index in [-0.39, 0.29) is 4.90 Å². The number of hydrogen-bond acceptors (Lipinski definition) is 6. The quantitative estimate of drug-likeness (QED) is 0.709. The molecule has 3 heterocycles. The number of sulfonamides is 1. The largest absolute Gasteiger partial charge is 0.383 e. The Kier molecular flexibility index (Phi) is 4.24. The lowest BCUT2D eigenvalue weighted by Crippen LogP contribution is -2.13. The van der Waals surface area contributed by atoms with Gasteiger partial charge in [0, 0.05) is 31.9 Å². The van der Waals surface area contributed by atoms with Gasteiger partial charge in [-0.15, -0.1) is 0 Å². The number of hydrogen-bond donors (Lipinski definition) is 1. The maximum Gasteiger partial charge on any atom is 0.263 e. The molecule has 0 saturated carbocycles. The summed E-state index contributed by atoms with van der Waals surface area (Å²) in [5, 5.41) is 9.03. The number of pyridine rings is 1. The highest BCUT2D eigenvalue weighted by Crippen LogP contribution is 2.21. The summed E-state index contributed by atoms with van der Waals surface area (Å²) >= 11 is 0. The van der Waals surface area contributed by atoms with Crippen LogP contribution in [0.4, 0.5) is 5.69 Å². The van der Waals surface area contributed by atoms with Gasteiger partial charge in [-0.1, -0.05) is 0 Å². The summed E-state index contributed by atoms with van der Waals surface area (Å²) in [6.07, 6.45) is 4.38. The molecule has 128 valence electrons. The summed E-state index contributed by atoms with van der Waals surface area (Å²) in [6, 6.07) is 1.57. The Morgan fingerprint density at radius 2 is 2.12 bits per heavy atom. The van der Waals surface area contributed by atoms with Crippen molar-refractivity contribution in [3.05, 3.63) is 30.4 Å². The van der Waals surface area contributed by atoms with Crippen LogP contribution in [-0.4, -0.2) is 46.7 Å². The van der Waals surface area contributed by atoms with E-state index in [1.165, 1.54) is 12.4 Å². The summed E-state index contributed by atoms with van der Waals surface area (Å²) in [5.74, 6) is 0. The number of aryl methyl sites for hydroxylation is 2. The molecular formula is C14H18N6O3S. The van der Waals surface area contributed by atoms with Crippen LogP contribution in [0.25, 0.3) is 11.0 Å². The first-order valence-electron chi connectivity index (χ1n) is 7.24. The van der Waals surface area contributed by atoms with Gasteiger partial charge in [-0.2, -0.15) is 10.2 Å². The van der Waals surface area contributed by atoms with E-state index < -0.39 is 10.0 Å². The molecule has 0 bridgehead atoms. The summed E-state index contributed by atoms with van der Waals surface area (Å²) in [6.45, 7) is 2.85. The van der Waals surface area contributed by atoms with Crippen LogP contribution in [0.1, 0.15) is 5.69 Å². The van der Waals surface area contributed by atoms with Crippen molar-refractivity contribution < 1.29 is 13.2 Å². The maximum absolute atomic E-state index is 12.5. The van der Waals surface area contributed by atoms with E-state index >= 15 is 0 Å². The monoisotopic (exact) mass is 350 g/mol. The Morgan fingerprint density at radius 3 is 2.88 bits per heavy atom. The molecule has 24 heavy (non-hydrogen) atoms. The summed E-state index contributed by atoms with van der Waals surface area (Å²) < 4.78 is 35.8. The van der Waals surface area contributed by atoms with Gasteiger partial charge < -0.3 is 4.74 Å². The number of methoxy groups -OCH3 is 1. The number of nitrogens with zero attached hydrogens (tertiary/aromatic N) is 5. The van der Waals surface area contributed by atoms with Crippen LogP contribution in [0.15, 0.2) is 29.6 Å². The molecule has 0 aliphatic carbocycles. The van der Waals surface area contributed by atoms with Gasteiger partial charge in [-0.25, -0.2) is 13.4 Å². The third-order valence-corrected chi connectivity index (χ3v) is 4.91. The average Bonchev–Trinajstić information content (AvgIpc) is 3.09. The summed E-state index contributed by atoms with van der Waals surface area (Å²) in [5.41, 5.74) is 1.75. The van der Waals surface area contributed by atoms with Gasteiger partial charge in [0.05, 0.1) is 30.7 Å². The maximum atomic E-state index is 12.5. The van der Waals surface area contributed by atoms with Crippen molar-refractivity contribution in [3.8, 4) is 0 Å². The molecule has 0 amide bonds. The number of aromatic nitrogens is 5. The number of rotatable bonds is 6. The van der Waals surface area contributed by atoms with Gasteiger partial charge in [-0.3, -0.25) is 14.1 Å². The molecule has 10 heteroatoms. The SMILES string of the molecule is COCCn1cc(NS(=O)(=O)c2cnc3c(c2)c(C)nn3C)cn1. The lowest BCUT2D eigenvalue weighted by atomic mass is 10.3. The van der Waals surface area contributed by atoms with Gasteiger partial charge in [0.15, 0.2) is 5.65 Å². The number of ether oxygens (including phenoxy) is 1. The molecule has 0 radical (unpaired) electrons. The van der Waals surface area contributed by atoms with Crippen molar-refractivity contribution in [1.29, 1.82) is 0 Å². The molecule has 0 aromatic carbocycles. The van der Waals surface area contributed by atoms with Crippen molar-refractivity contribution in [2.45, 2.75) is 18.4 Å². The Labute approximate surface area is 139 Å². The summed E-state index contributed by atoms with van der Waals surface area (Å²) in [4.78, 5) is 4.28. The third-order valence-electron chi connectivity index (χ3n) is 3.56. The third kappa shape index (κ3) is 3.10. The van der Waals surface area contributed by atoms with Crippen molar-refractivity contribution in [3.63, 3.8) is 0 Å². The Bertz CT molecular complexity index is 976. The molecule has 0 fully saturated rings. The number of fused-ring (bicyclic) bond motifs is 1. The van der Waals surface area contributed by atoms with Crippen molar-refractivity contribution >= 4 is 26.7 Å². The zero-order valence-electron chi connectivity index (χ0n) is 13.6. The first kappa shape index (κ1) is 16.4. The fourth-order valence-corrected chi connectivity index (χ4v) is 3.37. The predicted octanol–water partition coefficient (Wildman–Crippen LogP) is 0.920. The van der Waals surface area contributed by atoms with E-state index in [1.54, 1.807) is 35.8 Å². The second-order valence-corrected chi connectivity index (χ2v) is 7.02. The molecule has 0 unspecified atom stereocenters. The van der Waals surface area contributed by atoms with Gasteiger partial charge in [0.25, 0.3) is 10.0 Å². The van der Waals surface area contributed by atoms with Gasteiger partial charge >= 0.3 is 0 Å². The summed E-state index contributed by atoms with van der Waals surface area (Å²) in [7, 11) is -0.393. The highest BCUT2D eigenvalue weighted by molar-refractivity contribution is 7.92. The minimum absolute atomic E-state index is 0.0794. The van der Waals surface area contributed by atoms with Crippen LogP contribution in [0, 0.1) is 6.92 Å². The second kappa shape index (κ2) is 6.21. The van der Waals surface area contributed by atoms with Crippen LogP contribution in [0.3, 0.4) is 0 Å². The molecule has 3 rings (SSSR count). The first-order valence-corrected chi connectivity index (χ1v) is 8.72. The lowest BCUT2D eigenvalue weighted by molar-refractivity contribution is 0.183. The molecule has 0 aliphatic heterocycles. The Balaban J connectivity index is 1.87. The van der Waals surface area contributed by atoms with E-state index in [0.29, 0.717) is 29.9 Å². The molecule has 0 spiro atoms. The standard InChI is InChI=1S/C14H18N6O3S/c1-10-13-6-12(8-15-14(13)19(2)17-10)24(21,22)18-11-7-16-20(9-11)4-5-23-3/h6-9,18H,4-5H2,1-3H3. The Morgan fingerprint density at radius 1 is 1.33 bits per heavy atom. The molecule has 0 atom stereocenters. The lowest BCUT2D eigenvalue weighted by Gasteiger charge is -2.06. The highest BCUT2D eigenvalue weighted by atomic mass is 32.2. The fraction of sp³-hybridized carbons (Fsp3) is 0.357. The molecule has 0 saturated heterocycles. The number of nitrogens with one attached hydrogen (secondary N) is 1. The second-order valence-electron chi connectivity index (χ2n) is 5.34. The van der Waals surface area contributed by atoms with Gasteiger partial charge in [0.1, 0.15) is 4.90 Å². The molecule has 9 nitrogen and oxygen atoms in total. The van der Waals surface area contributed by atoms with E-state index in [4.69, 9.17) is 4.74 Å². The zero-order valence-corrected chi connectivity index (χ0v) is 14.4. The minimum atomic E-state index is -3.75. The average molecular weight is 350 g/mol. The van der Waals surface area contributed by atoms with Gasteiger partial charge in [-0.05, 0) is 13.0 Å². The van der Waals surface area contributed by atoms with E-state index in [1.807, 2.05) is 6.92 Å². The molecular weight excluding hydrogens is 332 g/mol. The zero-order chi connectivity index (χ0) is 17.3. The van der Waals surface area contributed by atoms with E-state index in [2.05, 4.69) is 19.9 Å². The molecule has 3 aromatic heterocycles. The van der Waals surface area contributed by atoms with E-state index in [0.717, 1.165) is 5.69 Å². The van der Waals surface area contributed by atoms with E-state index in [9.17, 15) is 8.42 Å². The topological polar surface area (TPSA) is 104 Å². The smallest absolute Gasteiger partial charge is 0.263 e. The van der Waals surface area contributed by atoms with Crippen molar-refractivity contribution in [2.24, 2.45) is 7.05 Å². The highest BCUT2D eigenvalue weighted by Gasteiger charge is 2.18.